The fourth-order valence-corrected chi connectivity index (χ4v) is 4.42. The highest BCUT2D eigenvalue weighted by molar-refractivity contribution is 6.46. The van der Waals surface area contributed by atoms with Gasteiger partial charge < -0.3 is 24.4 Å². The van der Waals surface area contributed by atoms with Crippen molar-refractivity contribution in [2.75, 3.05) is 33.8 Å². The second kappa shape index (κ2) is 9.73. The molecule has 1 saturated heterocycles. The number of hydrogen-bond acceptors (Lipinski definition) is 6. The third-order valence-electron chi connectivity index (χ3n) is 6.04. The van der Waals surface area contributed by atoms with Gasteiger partial charge in [-0.15, -0.1) is 0 Å². The summed E-state index contributed by atoms with van der Waals surface area (Å²) in [6.07, 6.45) is 2.43. The minimum Gasteiger partial charge on any atom is -0.507 e. The molecule has 1 amide bonds. The fraction of sp³-hybridized carbons (Fsp3) is 0.333. The van der Waals surface area contributed by atoms with E-state index in [0.29, 0.717) is 36.6 Å². The third-order valence-corrected chi connectivity index (χ3v) is 6.04. The van der Waals surface area contributed by atoms with Gasteiger partial charge in [-0.25, -0.2) is 0 Å². The average molecular weight is 463 g/mol. The molecule has 2 aromatic rings. The highest BCUT2D eigenvalue weighted by atomic mass is 16.5. The number of carbonyl (C=O) groups excluding carboxylic acids is 2. The normalized spacial score (nSPS) is 21.0. The molecule has 2 aliphatic heterocycles. The number of amides is 1. The van der Waals surface area contributed by atoms with Gasteiger partial charge in [0, 0.05) is 25.1 Å². The van der Waals surface area contributed by atoms with Crippen molar-refractivity contribution in [3.63, 3.8) is 0 Å². The molecule has 7 nitrogen and oxygen atoms in total. The second-order valence-electron chi connectivity index (χ2n) is 8.92. The summed E-state index contributed by atoms with van der Waals surface area (Å²) < 4.78 is 11.4. The number of aliphatic hydroxyl groups is 1. The van der Waals surface area contributed by atoms with Crippen LogP contribution in [0.5, 0.6) is 11.5 Å². The summed E-state index contributed by atoms with van der Waals surface area (Å²) in [5, 5.41) is 11.3. The number of likely N-dealkylation sites (N-methyl/N-ethyl adjacent to an activating group) is 1. The van der Waals surface area contributed by atoms with Gasteiger partial charge in [0.05, 0.1) is 11.6 Å². The summed E-state index contributed by atoms with van der Waals surface area (Å²) in [7, 11) is 3.81. The molecule has 1 fully saturated rings. The molecule has 0 saturated carbocycles. The van der Waals surface area contributed by atoms with Gasteiger partial charge in [0.1, 0.15) is 30.0 Å². The lowest BCUT2D eigenvalue weighted by molar-refractivity contribution is -0.140. The Morgan fingerprint density at radius 2 is 2.06 bits per heavy atom. The maximum Gasteiger partial charge on any atom is 0.295 e. The van der Waals surface area contributed by atoms with Crippen molar-refractivity contribution < 1.29 is 24.2 Å². The monoisotopic (exact) mass is 462 g/mol. The molecule has 2 aliphatic rings. The van der Waals surface area contributed by atoms with E-state index >= 15 is 0 Å². The molecule has 0 radical (unpaired) electrons. The number of likely N-dealkylation sites (tertiary alicyclic amines) is 1. The first kappa shape index (κ1) is 23.6. The lowest BCUT2D eigenvalue weighted by Crippen LogP contribution is -2.35. The smallest absolute Gasteiger partial charge is 0.295 e. The number of fused-ring (bicyclic) bond motifs is 1. The first-order valence-electron chi connectivity index (χ1n) is 11.4. The summed E-state index contributed by atoms with van der Waals surface area (Å²) in [4.78, 5) is 29.8. The molecule has 0 unspecified atom stereocenters. The van der Waals surface area contributed by atoms with Crippen LogP contribution in [-0.2, 0) is 16.0 Å². The average Bonchev–Trinajstić information content (AvgIpc) is 3.31. The number of carbonyl (C=O) groups is 2. The fourth-order valence-electron chi connectivity index (χ4n) is 4.42. The molecule has 1 N–H and O–H groups in total. The molecule has 0 aromatic heterocycles. The van der Waals surface area contributed by atoms with E-state index in [1.807, 2.05) is 44.1 Å². The van der Waals surface area contributed by atoms with Crippen LogP contribution in [0.25, 0.3) is 5.76 Å². The van der Waals surface area contributed by atoms with Crippen LogP contribution in [0, 0.1) is 0 Å². The van der Waals surface area contributed by atoms with Crippen molar-refractivity contribution in [1.29, 1.82) is 0 Å². The van der Waals surface area contributed by atoms with Crippen molar-refractivity contribution in [3.8, 4) is 11.5 Å². The minimum absolute atomic E-state index is 0.0577. The van der Waals surface area contributed by atoms with E-state index in [4.69, 9.17) is 9.47 Å². The minimum atomic E-state index is -0.726. The van der Waals surface area contributed by atoms with Gasteiger partial charge >= 0.3 is 0 Å². The molecule has 178 valence electrons. The van der Waals surface area contributed by atoms with Gasteiger partial charge in [-0.3, -0.25) is 9.59 Å². The van der Waals surface area contributed by atoms with Crippen LogP contribution in [0.1, 0.15) is 29.7 Å². The van der Waals surface area contributed by atoms with E-state index in [1.165, 1.54) is 4.90 Å². The predicted octanol–water partition coefficient (Wildman–Crippen LogP) is 3.56. The SMILES string of the molecule is C=CCOc1cccc([C@H]2/C(=C(\O)c3ccc4c(c3)C[C@H](C)O4)C(=O)C(=O)N2CCN(C)C)c1. The number of Topliss-reactive ketones (excluding diaryl/α,β-unsaturated/α-hetero) is 1. The van der Waals surface area contributed by atoms with Crippen LogP contribution in [-0.4, -0.2) is 66.5 Å². The Morgan fingerprint density at radius 1 is 1.26 bits per heavy atom. The van der Waals surface area contributed by atoms with Crippen molar-refractivity contribution in [1.82, 2.24) is 9.80 Å². The van der Waals surface area contributed by atoms with Gasteiger partial charge in [-0.05, 0) is 62.5 Å². The van der Waals surface area contributed by atoms with Crippen LogP contribution in [0.4, 0.5) is 0 Å². The Morgan fingerprint density at radius 3 is 2.79 bits per heavy atom. The Labute approximate surface area is 199 Å². The van der Waals surface area contributed by atoms with Gasteiger partial charge in [-0.2, -0.15) is 0 Å². The van der Waals surface area contributed by atoms with Crippen molar-refractivity contribution >= 4 is 17.4 Å². The molecular formula is C27H30N2O5. The highest BCUT2D eigenvalue weighted by Crippen LogP contribution is 2.41. The first-order valence-corrected chi connectivity index (χ1v) is 11.4. The molecule has 0 spiro atoms. The zero-order chi connectivity index (χ0) is 24.4. The first-order chi connectivity index (χ1) is 16.3. The molecule has 0 aliphatic carbocycles. The molecule has 0 bridgehead atoms. The molecule has 7 heteroatoms. The summed E-state index contributed by atoms with van der Waals surface area (Å²) >= 11 is 0. The topological polar surface area (TPSA) is 79.3 Å². The van der Waals surface area contributed by atoms with Crippen LogP contribution in [0.15, 0.2) is 60.7 Å². The Bertz CT molecular complexity index is 1150. The van der Waals surface area contributed by atoms with E-state index in [-0.39, 0.29) is 17.4 Å². The Kier molecular flexibility index (Phi) is 6.75. The van der Waals surface area contributed by atoms with Crippen LogP contribution < -0.4 is 9.47 Å². The zero-order valence-electron chi connectivity index (χ0n) is 19.8. The van der Waals surface area contributed by atoms with E-state index in [2.05, 4.69) is 6.58 Å². The summed E-state index contributed by atoms with van der Waals surface area (Å²) in [5.74, 6) is -0.124. The largest absolute Gasteiger partial charge is 0.507 e. The van der Waals surface area contributed by atoms with Crippen LogP contribution >= 0.6 is 0 Å². The number of ether oxygens (including phenoxy) is 2. The van der Waals surface area contributed by atoms with Gasteiger partial charge in [0.15, 0.2) is 0 Å². The number of hydrogen-bond donors (Lipinski definition) is 1. The quantitative estimate of drug-likeness (QED) is 0.280. The molecule has 2 atom stereocenters. The van der Waals surface area contributed by atoms with Gasteiger partial charge in [0.25, 0.3) is 11.7 Å². The van der Waals surface area contributed by atoms with E-state index in [9.17, 15) is 14.7 Å². The zero-order valence-corrected chi connectivity index (χ0v) is 19.8. The van der Waals surface area contributed by atoms with E-state index < -0.39 is 17.7 Å². The number of nitrogens with zero attached hydrogens (tertiary/aromatic N) is 2. The summed E-state index contributed by atoms with van der Waals surface area (Å²) in [6, 6.07) is 11.9. The molecular weight excluding hydrogens is 432 g/mol. The lowest BCUT2D eigenvalue weighted by atomic mass is 9.94. The Hall–Kier alpha value is -3.58. The maximum absolute atomic E-state index is 13.2. The highest BCUT2D eigenvalue weighted by Gasteiger charge is 2.46. The molecule has 34 heavy (non-hydrogen) atoms. The number of benzene rings is 2. The standard InChI is InChI=1S/C27H30N2O5/c1-5-13-33-21-8-6-7-18(16-21)24-23(26(31)27(32)29(24)12-11-28(3)4)25(30)19-9-10-22-20(15-19)14-17(2)34-22/h5-10,15-17,24,30H,1,11-14H2,2-4H3/b25-23+/t17-,24-/m0/s1. The summed E-state index contributed by atoms with van der Waals surface area (Å²) in [5.41, 5.74) is 2.23. The van der Waals surface area contributed by atoms with Crippen LogP contribution in [0.3, 0.4) is 0 Å². The second-order valence-corrected chi connectivity index (χ2v) is 8.92. The number of rotatable bonds is 8. The lowest BCUT2D eigenvalue weighted by Gasteiger charge is -2.27. The van der Waals surface area contributed by atoms with Crippen LogP contribution in [0.2, 0.25) is 0 Å². The Balaban J connectivity index is 1.80. The van der Waals surface area contributed by atoms with E-state index in [0.717, 1.165) is 17.7 Å². The maximum atomic E-state index is 13.2. The molecule has 2 heterocycles. The molecule has 2 aromatic carbocycles. The van der Waals surface area contributed by atoms with Crippen molar-refractivity contribution in [2.24, 2.45) is 0 Å². The number of aliphatic hydroxyl groups excluding tert-OH is 1. The summed E-state index contributed by atoms with van der Waals surface area (Å²) in [6.45, 7) is 6.90. The van der Waals surface area contributed by atoms with Crippen molar-refractivity contribution in [3.05, 3.63) is 77.4 Å². The predicted molar refractivity (Wildman–Crippen MR) is 130 cm³/mol. The van der Waals surface area contributed by atoms with Gasteiger partial charge in [-0.1, -0.05) is 24.8 Å². The van der Waals surface area contributed by atoms with Gasteiger partial charge in [0.2, 0.25) is 0 Å². The van der Waals surface area contributed by atoms with E-state index in [1.54, 1.807) is 30.3 Å². The third kappa shape index (κ3) is 4.56. The molecule has 4 rings (SSSR count). The van der Waals surface area contributed by atoms with Crippen molar-refractivity contribution in [2.45, 2.75) is 25.5 Å². The number of ketones is 1.